The maximum atomic E-state index is 12.6. The van der Waals surface area contributed by atoms with Crippen LogP contribution in [-0.2, 0) is 14.3 Å². The van der Waals surface area contributed by atoms with Gasteiger partial charge < -0.3 is 10.1 Å². The molecule has 1 aliphatic heterocycles. The zero-order valence-electron chi connectivity index (χ0n) is 14.0. The Morgan fingerprint density at radius 2 is 1.96 bits per heavy atom. The van der Waals surface area contributed by atoms with E-state index in [2.05, 4.69) is 15.0 Å². The Morgan fingerprint density at radius 1 is 1.19 bits per heavy atom. The number of carbonyl (C=O) groups is 2. The Kier molecular flexibility index (Phi) is 5.59. The van der Waals surface area contributed by atoms with Gasteiger partial charge in [0.05, 0.1) is 18.5 Å². The molecule has 5 nitrogen and oxygen atoms in total. The van der Waals surface area contributed by atoms with Gasteiger partial charge >= 0.3 is 5.97 Å². The van der Waals surface area contributed by atoms with Gasteiger partial charge in [-0.25, -0.2) is 0 Å². The van der Waals surface area contributed by atoms with Crippen LogP contribution < -0.4 is 5.32 Å². The van der Waals surface area contributed by atoms with Gasteiger partial charge in [0.25, 0.3) is 0 Å². The molecule has 2 aromatic rings. The summed E-state index contributed by atoms with van der Waals surface area (Å²) in [6.07, 6.45) is 0.319. The van der Waals surface area contributed by atoms with E-state index < -0.39 is 12.0 Å². The Balaban J connectivity index is 2.10. The van der Waals surface area contributed by atoms with Gasteiger partial charge in [0.2, 0.25) is 5.91 Å². The minimum Gasteiger partial charge on any atom is -0.469 e. The minimum atomic E-state index is -0.744. The van der Waals surface area contributed by atoms with E-state index in [4.69, 9.17) is 23.2 Å². The van der Waals surface area contributed by atoms with Gasteiger partial charge in [-0.1, -0.05) is 41.4 Å². The van der Waals surface area contributed by atoms with E-state index in [0.29, 0.717) is 32.6 Å². The molecule has 1 amide bonds. The molecule has 26 heavy (non-hydrogen) atoms. The number of aliphatic imine (C=N–C) groups is 1. The molecule has 0 bridgehead atoms. The summed E-state index contributed by atoms with van der Waals surface area (Å²) < 4.78 is 4.66. The lowest BCUT2D eigenvalue weighted by atomic mass is 10.0. The third-order valence-corrected chi connectivity index (χ3v) is 4.63. The van der Waals surface area contributed by atoms with Gasteiger partial charge in [-0.3, -0.25) is 14.6 Å². The first-order valence-electron chi connectivity index (χ1n) is 8.00. The number of amides is 1. The van der Waals surface area contributed by atoms with Crippen molar-refractivity contribution in [2.45, 2.75) is 18.9 Å². The highest BCUT2D eigenvalue weighted by atomic mass is 35.5. The van der Waals surface area contributed by atoms with E-state index >= 15 is 0 Å². The van der Waals surface area contributed by atoms with Gasteiger partial charge in [0.15, 0.2) is 0 Å². The number of halogens is 2. The van der Waals surface area contributed by atoms with Gasteiger partial charge in [-0.2, -0.15) is 0 Å². The van der Waals surface area contributed by atoms with Crippen LogP contribution in [0.3, 0.4) is 0 Å². The zero-order chi connectivity index (χ0) is 18.7. The summed E-state index contributed by atoms with van der Waals surface area (Å²) in [6, 6.07) is 11.7. The topological polar surface area (TPSA) is 67.8 Å². The van der Waals surface area contributed by atoms with Crippen LogP contribution in [0.1, 0.15) is 24.0 Å². The third kappa shape index (κ3) is 3.89. The highest BCUT2D eigenvalue weighted by molar-refractivity contribution is 6.37. The number of esters is 1. The molecule has 3 rings (SSSR count). The molecule has 1 atom stereocenters. The minimum absolute atomic E-state index is 0.0883. The molecule has 1 N–H and O–H groups in total. The third-order valence-electron chi connectivity index (χ3n) is 4.06. The zero-order valence-corrected chi connectivity index (χ0v) is 15.5. The van der Waals surface area contributed by atoms with Crippen molar-refractivity contribution >= 4 is 46.5 Å². The number of benzodiazepines with no additional fused rings is 1. The van der Waals surface area contributed by atoms with Crippen molar-refractivity contribution < 1.29 is 14.3 Å². The van der Waals surface area contributed by atoms with Crippen molar-refractivity contribution in [2.24, 2.45) is 4.99 Å². The molecule has 0 unspecified atom stereocenters. The lowest BCUT2D eigenvalue weighted by molar-refractivity contribution is -0.140. The summed E-state index contributed by atoms with van der Waals surface area (Å²) in [4.78, 5) is 28.7. The van der Waals surface area contributed by atoms with Crippen molar-refractivity contribution in [3.63, 3.8) is 0 Å². The summed E-state index contributed by atoms with van der Waals surface area (Å²) in [5.74, 6) is -0.684. The number of carbonyl (C=O) groups excluding carboxylic acids is 2. The number of benzene rings is 2. The molecule has 134 valence electrons. The number of fused-ring (bicyclic) bond motifs is 1. The molecule has 1 heterocycles. The second-order valence-corrected chi connectivity index (χ2v) is 6.61. The molecule has 0 radical (unpaired) electrons. The molecule has 0 aromatic heterocycles. The van der Waals surface area contributed by atoms with Crippen molar-refractivity contribution in [3.05, 3.63) is 63.6 Å². The number of methoxy groups -OCH3 is 1. The average molecular weight is 391 g/mol. The molecular weight excluding hydrogens is 375 g/mol. The van der Waals surface area contributed by atoms with Crippen molar-refractivity contribution in [3.8, 4) is 0 Å². The maximum Gasteiger partial charge on any atom is 0.305 e. The molecule has 2 aromatic carbocycles. The first-order chi connectivity index (χ1) is 12.5. The van der Waals surface area contributed by atoms with Crippen LogP contribution in [0.25, 0.3) is 0 Å². The fourth-order valence-electron chi connectivity index (χ4n) is 2.74. The number of ether oxygens (including phenoxy) is 1. The lowest BCUT2D eigenvalue weighted by Gasteiger charge is -2.12. The van der Waals surface area contributed by atoms with Crippen molar-refractivity contribution in [1.82, 2.24) is 0 Å². The predicted molar refractivity (Wildman–Crippen MR) is 102 cm³/mol. The van der Waals surface area contributed by atoms with Gasteiger partial charge in [-0.05, 0) is 30.7 Å². The smallest absolute Gasteiger partial charge is 0.305 e. The van der Waals surface area contributed by atoms with Crippen LogP contribution in [0.5, 0.6) is 0 Å². The van der Waals surface area contributed by atoms with E-state index in [9.17, 15) is 9.59 Å². The molecular formula is C19H16Cl2N2O3. The fraction of sp³-hybridized carbons (Fsp3) is 0.211. The van der Waals surface area contributed by atoms with Gasteiger partial charge in [-0.15, -0.1) is 0 Å². The van der Waals surface area contributed by atoms with Crippen LogP contribution in [0.15, 0.2) is 47.5 Å². The molecule has 0 spiro atoms. The fourth-order valence-corrected chi connectivity index (χ4v) is 3.14. The molecule has 0 saturated heterocycles. The number of hydrogen-bond acceptors (Lipinski definition) is 4. The van der Waals surface area contributed by atoms with Crippen LogP contribution in [0.4, 0.5) is 5.69 Å². The molecule has 0 aliphatic carbocycles. The van der Waals surface area contributed by atoms with E-state index in [-0.39, 0.29) is 18.7 Å². The summed E-state index contributed by atoms with van der Waals surface area (Å²) in [5.41, 5.74) is 2.52. The summed E-state index contributed by atoms with van der Waals surface area (Å²) in [7, 11) is 1.31. The first kappa shape index (κ1) is 18.4. The summed E-state index contributed by atoms with van der Waals surface area (Å²) >= 11 is 12.5. The number of hydrogen-bond donors (Lipinski definition) is 1. The number of nitrogens with zero attached hydrogens (tertiary/aromatic N) is 1. The number of nitrogens with one attached hydrogen (secondary N) is 1. The van der Waals surface area contributed by atoms with Crippen LogP contribution in [-0.4, -0.2) is 30.7 Å². The molecule has 1 aliphatic rings. The number of rotatable bonds is 4. The second kappa shape index (κ2) is 7.89. The summed E-state index contributed by atoms with van der Waals surface area (Å²) in [5, 5.41) is 3.88. The van der Waals surface area contributed by atoms with E-state index in [1.807, 2.05) is 18.2 Å². The van der Waals surface area contributed by atoms with E-state index in [1.165, 1.54) is 7.11 Å². The van der Waals surface area contributed by atoms with E-state index in [0.717, 1.165) is 0 Å². The molecule has 0 fully saturated rings. The van der Waals surface area contributed by atoms with Gasteiger partial charge in [0.1, 0.15) is 6.04 Å². The Hall–Kier alpha value is -2.37. The highest BCUT2D eigenvalue weighted by Crippen LogP contribution is 2.30. The van der Waals surface area contributed by atoms with E-state index in [1.54, 1.807) is 24.3 Å². The average Bonchev–Trinajstić information content (AvgIpc) is 2.76. The standard InChI is InChI=1S/C19H16Cl2N2O3/c1-26-17(24)9-8-16-19(25)23-15-7-6-11(20)10-13(15)18(22-16)12-4-2-3-5-14(12)21/h2-7,10,16H,8-9H2,1H3,(H,23,25)/t16-/m0/s1. The normalized spacial score (nSPS) is 16.2. The molecule has 7 heteroatoms. The highest BCUT2D eigenvalue weighted by Gasteiger charge is 2.27. The van der Waals surface area contributed by atoms with Crippen molar-refractivity contribution in [2.75, 3.05) is 12.4 Å². The van der Waals surface area contributed by atoms with Crippen LogP contribution >= 0.6 is 23.2 Å². The predicted octanol–water partition coefficient (Wildman–Crippen LogP) is 4.10. The van der Waals surface area contributed by atoms with Crippen LogP contribution in [0, 0.1) is 0 Å². The lowest BCUT2D eigenvalue weighted by Crippen LogP contribution is -2.26. The summed E-state index contributed by atoms with van der Waals surface area (Å²) in [6.45, 7) is 0. The Bertz CT molecular complexity index is 896. The first-order valence-corrected chi connectivity index (χ1v) is 8.75. The Labute approximate surface area is 161 Å². The largest absolute Gasteiger partial charge is 0.469 e. The number of anilines is 1. The SMILES string of the molecule is COC(=O)CC[C@@H]1N=C(c2ccccc2Cl)c2cc(Cl)ccc2NC1=O. The van der Waals surface area contributed by atoms with Crippen LogP contribution in [0.2, 0.25) is 10.0 Å². The second-order valence-electron chi connectivity index (χ2n) is 5.77. The molecule has 0 saturated carbocycles. The monoisotopic (exact) mass is 390 g/mol. The maximum absolute atomic E-state index is 12.6. The van der Waals surface area contributed by atoms with Crippen molar-refractivity contribution in [1.29, 1.82) is 0 Å². The Morgan fingerprint density at radius 3 is 2.69 bits per heavy atom. The van der Waals surface area contributed by atoms with Gasteiger partial charge in [0, 0.05) is 27.6 Å². The quantitative estimate of drug-likeness (QED) is 0.798.